The molecule has 0 saturated carbocycles. The normalized spacial score (nSPS) is 12.4. The van der Waals surface area contributed by atoms with E-state index in [0.717, 1.165) is 69.6 Å². The van der Waals surface area contributed by atoms with Crippen molar-refractivity contribution in [3.63, 3.8) is 0 Å². The van der Waals surface area contributed by atoms with Crippen molar-refractivity contribution in [3.05, 3.63) is 0 Å². The van der Waals surface area contributed by atoms with E-state index >= 15 is 0 Å². The third-order valence-corrected chi connectivity index (χ3v) is 15.1. The monoisotopic (exact) mass is 989 g/mol. The van der Waals surface area contributed by atoms with E-state index in [1.54, 1.807) is 0 Å². The molecule has 0 rings (SSSR count). The maximum atomic E-state index is 12.9. The largest absolute Gasteiger partial charge is 0.462 e. The van der Waals surface area contributed by atoms with Crippen LogP contribution in [-0.2, 0) is 28.6 Å². The Kier molecular flexibility index (Phi) is 55.4. The molecule has 0 heterocycles. The molecule has 0 N–H and O–H groups in total. The van der Waals surface area contributed by atoms with Gasteiger partial charge in [-0.1, -0.05) is 324 Å². The highest BCUT2D eigenvalue weighted by atomic mass is 16.6. The molecule has 416 valence electrons. The summed E-state index contributed by atoms with van der Waals surface area (Å²) in [5, 5.41) is 0. The Labute approximate surface area is 438 Å². The van der Waals surface area contributed by atoms with Gasteiger partial charge in [0.2, 0.25) is 0 Å². The van der Waals surface area contributed by atoms with Crippen molar-refractivity contribution in [1.82, 2.24) is 0 Å². The lowest BCUT2D eigenvalue weighted by molar-refractivity contribution is -0.167. The molecule has 0 spiro atoms. The van der Waals surface area contributed by atoms with Crippen LogP contribution in [0.1, 0.15) is 362 Å². The summed E-state index contributed by atoms with van der Waals surface area (Å²) in [5.41, 5.74) is 0. The molecule has 1 unspecified atom stereocenters. The molecule has 0 aliphatic rings. The average Bonchev–Trinajstić information content (AvgIpc) is 3.35. The third-order valence-electron chi connectivity index (χ3n) is 15.1. The van der Waals surface area contributed by atoms with Gasteiger partial charge in [0.25, 0.3) is 0 Å². The number of hydrogen-bond acceptors (Lipinski definition) is 6. The number of esters is 3. The first-order valence-corrected chi connectivity index (χ1v) is 31.8. The van der Waals surface area contributed by atoms with Crippen LogP contribution in [0.15, 0.2) is 0 Å². The van der Waals surface area contributed by atoms with Crippen LogP contribution in [0, 0.1) is 11.8 Å². The van der Waals surface area contributed by atoms with Crippen LogP contribution < -0.4 is 0 Å². The quantitative estimate of drug-likeness (QED) is 0.0343. The highest BCUT2D eigenvalue weighted by molar-refractivity contribution is 5.71. The van der Waals surface area contributed by atoms with Gasteiger partial charge >= 0.3 is 17.9 Å². The summed E-state index contributed by atoms with van der Waals surface area (Å²) in [6, 6.07) is 0. The van der Waals surface area contributed by atoms with Gasteiger partial charge in [-0.05, 0) is 31.1 Å². The highest BCUT2D eigenvalue weighted by Gasteiger charge is 2.19. The first-order chi connectivity index (χ1) is 34.3. The third kappa shape index (κ3) is 55.7. The van der Waals surface area contributed by atoms with Gasteiger partial charge in [-0.2, -0.15) is 0 Å². The fourth-order valence-corrected chi connectivity index (χ4v) is 9.90. The van der Waals surface area contributed by atoms with Crippen molar-refractivity contribution in [2.45, 2.75) is 368 Å². The molecule has 0 aromatic rings. The molecule has 0 fully saturated rings. The van der Waals surface area contributed by atoms with E-state index in [1.165, 1.54) is 250 Å². The molecule has 0 aliphatic heterocycles. The topological polar surface area (TPSA) is 78.9 Å². The Morgan fingerprint density at radius 2 is 0.543 bits per heavy atom. The molecule has 0 amide bonds. The Bertz CT molecular complexity index is 1070. The molecule has 0 aromatic carbocycles. The molecule has 0 aromatic heterocycles. The van der Waals surface area contributed by atoms with Crippen LogP contribution in [0.4, 0.5) is 0 Å². The Morgan fingerprint density at radius 1 is 0.300 bits per heavy atom. The van der Waals surface area contributed by atoms with Gasteiger partial charge in [0.05, 0.1) is 0 Å². The lowest BCUT2D eigenvalue weighted by Gasteiger charge is -2.18. The number of rotatable bonds is 58. The van der Waals surface area contributed by atoms with Gasteiger partial charge in [0, 0.05) is 19.3 Å². The average molecular weight is 990 g/mol. The summed E-state index contributed by atoms with van der Waals surface area (Å²) in [4.78, 5) is 38.2. The first-order valence-electron chi connectivity index (χ1n) is 31.8. The van der Waals surface area contributed by atoms with E-state index < -0.39 is 6.10 Å². The van der Waals surface area contributed by atoms with Gasteiger partial charge in [-0.25, -0.2) is 0 Å². The maximum absolute atomic E-state index is 12.9. The first kappa shape index (κ1) is 68.4. The number of ether oxygens (including phenoxy) is 3. The molecular formula is C64H124O6. The predicted molar refractivity (Wildman–Crippen MR) is 303 cm³/mol. The summed E-state index contributed by atoms with van der Waals surface area (Å²) < 4.78 is 16.9. The number of unbranched alkanes of at least 4 members (excludes halogenated alkanes) is 42. The molecule has 70 heavy (non-hydrogen) atoms. The zero-order valence-electron chi connectivity index (χ0n) is 48.2. The second kappa shape index (κ2) is 56.7. The summed E-state index contributed by atoms with van der Waals surface area (Å²) in [6.45, 7) is 11.5. The Hall–Kier alpha value is -1.59. The molecule has 2 atom stereocenters. The van der Waals surface area contributed by atoms with Crippen LogP contribution in [0.25, 0.3) is 0 Å². The zero-order valence-corrected chi connectivity index (χ0v) is 48.2. The van der Waals surface area contributed by atoms with Crippen LogP contribution >= 0.6 is 0 Å². The van der Waals surface area contributed by atoms with Crippen molar-refractivity contribution in [2.24, 2.45) is 11.8 Å². The minimum atomic E-state index is -0.763. The van der Waals surface area contributed by atoms with Gasteiger partial charge in [-0.3, -0.25) is 14.4 Å². The smallest absolute Gasteiger partial charge is 0.306 e. The molecule has 0 aliphatic carbocycles. The van der Waals surface area contributed by atoms with E-state index in [4.69, 9.17) is 14.2 Å². The number of carbonyl (C=O) groups excluding carboxylic acids is 3. The fourth-order valence-electron chi connectivity index (χ4n) is 9.90. The molecule has 0 radical (unpaired) electrons. The van der Waals surface area contributed by atoms with Crippen molar-refractivity contribution in [2.75, 3.05) is 13.2 Å². The minimum Gasteiger partial charge on any atom is -0.462 e. The molecule has 0 bridgehead atoms. The van der Waals surface area contributed by atoms with E-state index in [0.29, 0.717) is 19.3 Å². The maximum Gasteiger partial charge on any atom is 0.306 e. The van der Waals surface area contributed by atoms with Gasteiger partial charge in [0.1, 0.15) is 13.2 Å². The van der Waals surface area contributed by atoms with Crippen LogP contribution in [0.2, 0.25) is 0 Å². The lowest BCUT2D eigenvalue weighted by atomic mass is 9.99. The SMILES string of the molecule is CCCCCCCCCCCCCCCCCCCCC(=O)O[C@H](COC(=O)CCCCCCCCCCCCCCCCCCCCC(C)CC)COC(=O)CCCCCCCCCCCC(C)C. The fraction of sp³-hybridized carbons (Fsp3) is 0.953. The number of carbonyl (C=O) groups is 3. The molecular weight excluding hydrogens is 865 g/mol. The predicted octanol–water partition coefficient (Wildman–Crippen LogP) is 21.2. The van der Waals surface area contributed by atoms with Crippen LogP contribution in [-0.4, -0.2) is 37.2 Å². The summed E-state index contributed by atoms with van der Waals surface area (Å²) in [7, 11) is 0. The molecule has 6 nitrogen and oxygen atoms in total. The van der Waals surface area contributed by atoms with E-state index in [9.17, 15) is 14.4 Å². The van der Waals surface area contributed by atoms with Gasteiger partial charge < -0.3 is 14.2 Å². The highest BCUT2D eigenvalue weighted by Crippen LogP contribution is 2.19. The van der Waals surface area contributed by atoms with Crippen molar-refractivity contribution in [3.8, 4) is 0 Å². The lowest BCUT2D eigenvalue weighted by Crippen LogP contribution is -2.30. The zero-order chi connectivity index (χ0) is 51.1. The standard InChI is InChI=1S/C64H124O6/c1-6-8-9-10-11-12-13-14-15-16-20-24-27-30-35-41-46-51-56-64(67)70-61(58-69-63(66)55-50-45-40-36-31-32-37-42-47-52-59(3)4)57-68-62(65)54-49-44-39-34-29-26-23-21-18-17-19-22-25-28-33-38-43-48-53-60(5)7-2/h59-61H,6-58H2,1-5H3/t60?,61-/m1/s1. The van der Waals surface area contributed by atoms with Crippen LogP contribution in [0.3, 0.4) is 0 Å². The van der Waals surface area contributed by atoms with E-state index in [-0.39, 0.29) is 31.1 Å². The Morgan fingerprint density at radius 3 is 0.814 bits per heavy atom. The van der Waals surface area contributed by atoms with Crippen LogP contribution in [0.5, 0.6) is 0 Å². The summed E-state index contributed by atoms with van der Waals surface area (Å²) in [6.07, 6.45) is 62.5. The van der Waals surface area contributed by atoms with E-state index in [1.807, 2.05) is 0 Å². The summed E-state index contributed by atoms with van der Waals surface area (Å²) in [5.74, 6) is 0.884. The van der Waals surface area contributed by atoms with E-state index in [2.05, 4.69) is 34.6 Å². The van der Waals surface area contributed by atoms with Gasteiger partial charge in [-0.15, -0.1) is 0 Å². The van der Waals surface area contributed by atoms with Crippen molar-refractivity contribution in [1.29, 1.82) is 0 Å². The number of hydrogen-bond donors (Lipinski definition) is 0. The minimum absolute atomic E-state index is 0.0623. The second-order valence-electron chi connectivity index (χ2n) is 22.8. The molecule has 6 heteroatoms. The second-order valence-corrected chi connectivity index (χ2v) is 22.8. The van der Waals surface area contributed by atoms with Crippen molar-refractivity contribution < 1.29 is 28.6 Å². The van der Waals surface area contributed by atoms with Crippen molar-refractivity contribution >= 4 is 17.9 Å². The summed E-state index contributed by atoms with van der Waals surface area (Å²) >= 11 is 0. The Balaban J connectivity index is 4.23. The van der Waals surface area contributed by atoms with Gasteiger partial charge in [0.15, 0.2) is 6.10 Å². The molecule has 0 saturated heterocycles.